The van der Waals surface area contributed by atoms with Crippen LogP contribution in [0.1, 0.15) is 39.9 Å². The van der Waals surface area contributed by atoms with Crippen molar-refractivity contribution in [2.24, 2.45) is 5.92 Å². The van der Waals surface area contributed by atoms with Gasteiger partial charge in [-0.15, -0.1) is 0 Å². The van der Waals surface area contributed by atoms with Crippen LogP contribution in [0, 0.1) is 5.92 Å². The topological polar surface area (TPSA) is 70.6 Å². The number of rotatable bonds is 4. The summed E-state index contributed by atoms with van der Waals surface area (Å²) in [6, 6.07) is 11.1. The molecule has 1 heterocycles. The molecule has 2 aliphatic rings. The summed E-state index contributed by atoms with van der Waals surface area (Å²) >= 11 is 0. The number of carbonyl (C=O) groups is 1. The van der Waals surface area contributed by atoms with Crippen molar-refractivity contribution < 1.29 is 19.4 Å². The quantitative estimate of drug-likeness (QED) is 0.859. The molecular weight excluding hydrogens is 330 g/mol. The molecule has 5 nitrogen and oxygen atoms in total. The summed E-state index contributed by atoms with van der Waals surface area (Å²) in [6.45, 7) is 0. The summed E-state index contributed by atoms with van der Waals surface area (Å²) in [7, 11) is 3.28. The normalized spacial score (nSPS) is 22.9. The zero-order valence-electron chi connectivity index (χ0n) is 14.7. The Morgan fingerprint density at radius 1 is 1.15 bits per heavy atom. The number of carbonyl (C=O) groups excluding carboxylic acids is 1. The minimum absolute atomic E-state index is 0.0429. The molecule has 0 fully saturated rings. The van der Waals surface area contributed by atoms with Gasteiger partial charge in [-0.25, -0.2) is 0 Å². The lowest BCUT2D eigenvalue weighted by atomic mass is 9.76. The molecule has 1 aliphatic carbocycles. The molecule has 134 valence electrons. The maximum atomic E-state index is 11.2. The second-order valence-electron chi connectivity index (χ2n) is 6.65. The number of nitrogens with one attached hydrogen (secondary N) is 1. The minimum atomic E-state index is -1.15. The van der Waals surface area contributed by atoms with Gasteiger partial charge in [-0.2, -0.15) is 0 Å². The van der Waals surface area contributed by atoms with E-state index in [0.717, 1.165) is 29.0 Å². The van der Waals surface area contributed by atoms with E-state index < -0.39 is 5.97 Å². The van der Waals surface area contributed by atoms with Crippen molar-refractivity contribution in [3.05, 3.63) is 65.2 Å². The van der Waals surface area contributed by atoms with Crippen LogP contribution in [0.4, 0.5) is 5.69 Å². The van der Waals surface area contributed by atoms with Gasteiger partial charge in [-0.3, -0.25) is 0 Å². The molecule has 0 aromatic heterocycles. The molecule has 4 rings (SSSR count). The summed E-state index contributed by atoms with van der Waals surface area (Å²) in [4.78, 5) is 11.2. The zero-order valence-corrected chi connectivity index (χ0v) is 14.7. The van der Waals surface area contributed by atoms with E-state index in [4.69, 9.17) is 9.47 Å². The van der Waals surface area contributed by atoms with Crippen LogP contribution in [0.5, 0.6) is 11.5 Å². The Bertz CT molecular complexity index is 890. The number of ether oxygens (including phenoxy) is 2. The number of aromatic carboxylic acids is 1. The summed E-state index contributed by atoms with van der Waals surface area (Å²) in [5.41, 5.74) is 3.20. The van der Waals surface area contributed by atoms with Gasteiger partial charge in [0.1, 0.15) is 0 Å². The fourth-order valence-corrected chi connectivity index (χ4v) is 4.19. The smallest absolute Gasteiger partial charge is 0.165 e. The second kappa shape index (κ2) is 6.41. The Hall–Kier alpha value is -2.95. The Labute approximate surface area is 152 Å². The second-order valence-corrected chi connectivity index (χ2v) is 6.65. The van der Waals surface area contributed by atoms with Crippen LogP contribution in [0.25, 0.3) is 0 Å². The van der Waals surface area contributed by atoms with Crippen molar-refractivity contribution in [1.29, 1.82) is 0 Å². The first kappa shape index (κ1) is 16.5. The zero-order chi connectivity index (χ0) is 18.3. The maximum Gasteiger partial charge on any atom is 0.165 e. The lowest BCUT2D eigenvalue weighted by Crippen LogP contribution is -2.30. The van der Waals surface area contributed by atoms with Crippen molar-refractivity contribution in [1.82, 2.24) is 0 Å². The molecule has 0 saturated carbocycles. The molecule has 0 amide bonds. The SMILES string of the molecule is COc1cccc([C@@H]2Nc3ccc(C(=O)[O-])cc3[C@@H]3C=CC[C@@H]32)c1OC. The maximum absolute atomic E-state index is 11.2. The number of hydrogen-bond acceptors (Lipinski definition) is 5. The average molecular weight is 350 g/mol. The van der Waals surface area contributed by atoms with Crippen LogP contribution in [0.15, 0.2) is 48.6 Å². The number of fused-ring (bicyclic) bond motifs is 3. The van der Waals surface area contributed by atoms with Gasteiger partial charge in [0.15, 0.2) is 11.5 Å². The van der Waals surface area contributed by atoms with E-state index in [1.165, 1.54) is 0 Å². The van der Waals surface area contributed by atoms with Gasteiger partial charge < -0.3 is 24.7 Å². The Balaban J connectivity index is 1.81. The molecule has 0 spiro atoms. The number of anilines is 1. The molecule has 26 heavy (non-hydrogen) atoms. The van der Waals surface area contributed by atoms with E-state index in [2.05, 4.69) is 23.5 Å². The molecule has 2 aromatic carbocycles. The van der Waals surface area contributed by atoms with Crippen molar-refractivity contribution in [2.45, 2.75) is 18.4 Å². The van der Waals surface area contributed by atoms with E-state index in [0.29, 0.717) is 5.75 Å². The summed E-state index contributed by atoms with van der Waals surface area (Å²) in [6.07, 6.45) is 5.25. The highest BCUT2D eigenvalue weighted by atomic mass is 16.5. The molecule has 3 atom stereocenters. The summed E-state index contributed by atoms with van der Waals surface area (Å²) < 4.78 is 11.1. The highest BCUT2D eigenvalue weighted by Crippen LogP contribution is 2.52. The molecule has 5 heteroatoms. The Morgan fingerprint density at radius 2 is 2.00 bits per heavy atom. The largest absolute Gasteiger partial charge is 0.545 e. The molecule has 1 aliphatic heterocycles. The van der Waals surface area contributed by atoms with Crippen molar-refractivity contribution in [3.63, 3.8) is 0 Å². The molecule has 0 saturated heterocycles. The molecule has 1 N–H and O–H groups in total. The Morgan fingerprint density at radius 3 is 2.73 bits per heavy atom. The molecule has 2 aromatic rings. The van der Waals surface area contributed by atoms with Crippen LogP contribution in [0.3, 0.4) is 0 Å². The Kier molecular flexibility index (Phi) is 4.07. The highest BCUT2D eigenvalue weighted by Gasteiger charge is 2.39. The molecular formula is C21H20NO4-. The number of para-hydroxylation sites is 1. The first-order valence-corrected chi connectivity index (χ1v) is 8.63. The van der Waals surface area contributed by atoms with E-state index in [-0.39, 0.29) is 23.4 Å². The van der Waals surface area contributed by atoms with Gasteiger partial charge in [-0.1, -0.05) is 30.4 Å². The number of carboxylic acid groups (broad SMARTS) is 1. The van der Waals surface area contributed by atoms with E-state index >= 15 is 0 Å². The average Bonchev–Trinajstić information content (AvgIpc) is 3.16. The monoisotopic (exact) mass is 350 g/mol. The third kappa shape index (κ3) is 2.51. The standard InChI is InChI=1S/C21H21NO4/c1-25-18-8-4-7-15(20(18)26-2)19-14-6-3-5-13(14)16-11-12(21(23)24)9-10-17(16)22-19/h3-5,7-11,13-14,19,22H,6H2,1-2H3,(H,23,24)/p-1/t13-,14+,19-/m1/s1. The van der Waals surface area contributed by atoms with Crippen LogP contribution >= 0.6 is 0 Å². The first-order valence-electron chi connectivity index (χ1n) is 8.63. The predicted octanol–water partition coefficient (Wildman–Crippen LogP) is 2.89. The molecule has 0 bridgehead atoms. The van der Waals surface area contributed by atoms with Gasteiger partial charge in [0.05, 0.1) is 26.2 Å². The van der Waals surface area contributed by atoms with E-state index in [9.17, 15) is 9.90 Å². The van der Waals surface area contributed by atoms with Gasteiger partial charge in [0.2, 0.25) is 0 Å². The number of methoxy groups -OCH3 is 2. The molecule has 0 unspecified atom stereocenters. The third-order valence-corrected chi connectivity index (χ3v) is 5.37. The van der Waals surface area contributed by atoms with Gasteiger partial charge in [-0.05, 0) is 41.7 Å². The van der Waals surface area contributed by atoms with E-state index in [1.807, 2.05) is 18.2 Å². The highest BCUT2D eigenvalue weighted by molar-refractivity contribution is 5.87. The van der Waals surface area contributed by atoms with E-state index in [1.54, 1.807) is 26.4 Å². The first-order chi connectivity index (χ1) is 12.6. The number of carboxylic acids is 1. The van der Waals surface area contributed by atoms with Crippen LogP contribution < -0.4 is 19.9 Å². The van der Waals surface area contributed by atoms with Gasteiger partial charge in [0.25, 0.3) is 0 Å². The number of hydrogen-bond donors (Lipinski definition) is 1. The lowest BCUT2D eigenvalue weighted by molar-refractivity contribution is -0.255. The van der Waals surface area contributed by atoms with Crippen LogP contribution in [0.2, 0.25) is 0 Å². The van der Waals surface area contributed by atoms with Crippen molar-refractivity contribution in [3.8, 4) is 11.5 Å². The minimum Gasteiger partial charge on any atom is -0.545 e. The van der Waals surface area contributed by atoms with Crippen LogP contribution in [-0.4, -0.2) is 20.2 Å². The van der Waals surface area contributed by atoms with Crippen molar-refractivity contribution in [2.75, 3.05) is 19.5 Å². The number of benzene rings is 2. The fraction of sp³-hybridized carbons (Fsp3) is 0.286. The molecule has 0 radical (unpaired) electrons. The van der Waals surface area contributed by atoms with Crippen LogP contribution in [-0.2, 0) is 0 Å². The third-order valence-electron chi connectivity index (χ3n) is 5.37. The summed E-state index contributed by atoms with van der Waals surface area (Å²) in [5.74, 6) is 0.718. The van der Waals surface area contributed by atoms with Gasteiger partial charge in [0, 0.05) is 17.2 Å². The predicted molar refractivity (Wildman–Crippen MR) is 96.7 cm³/mol. The lowest BCUT2D eigenvalue weighted by Gasteiger charge is -2.38. The van der Waals surface area contributed by atoms with Crippen molar-refractivity contribution >= 4 is 11.7 Å². The van der Waals surface area contributed by atoms with Gasteiger partial charge >= 0.3 is 0 Å². The summed E-state index contributed by atoms with van der Waals surface area (Å²) in [5, 5.41) is 14.8. The fourth-order valence-electron chi connectivity index (χ4n) is 4.19. The number of allylic oxidation sites excluding steroid dienone is 2.